The Bertz CT molecular complexity index is 1310. The Labute approximate surface area is 249 Å². The van der Waals surface area contributed by atoms with E-state index in [9.17, 15) is 4.79 Å². The zero-order chi connectivity index (χ0) is 28.9. The number of rotatable bonds is 10. The van der Waals surface area contributed by atoms with Gasteiger partial charge in [0.1, 0.15) is 0 Å². The van der Waals surface area contributed by atoms with Gasteiger partial charge in [0.25, 0.3) is 0 Å². The van der Waals surface area contributed by atoms with Crippen LogP contribution in [0.1, 0.15) is 65.0 Å². The summed E-state index contributed by atoms with van der Waals surface area (Å²) >= 11 is -0.180. The number of allylic oxidation sites excluding steroid dienone is 2. The first-order chi connectivity index (χ1) is 19.1. The molecule has 0 saturated carbocycles. The van der Waals surface area contributed by atoms with Crippen molar-refractivity contribution in [1.29, 1.82) is 0 Å². The van der Waals surface area contributed by atoms with Crippen molar-refractivity contribution < 1.29 is 17.3 Å². The molecule has 0 N–H and O–H groups in total. The second-order valence-corrected chi connectivity index (χ2v) is 16.7. The van der Waals surface area contributed by atoms with E-state index in [1.807, 2.05) is 18.2 Å². The third kappa shape index (κ3) is 7.32. The normalized spacial score (nSPS) is 17.2. The monoisotopic (exact) mass is 678 g/mol. The van der Waals surface area contributed by atoms with E-state index in [1.165, 1.54) is 16.6 Å². The molecule has 2 aromatic heterocycles. The fraction of sp³-hybridized carbons (Fsp3) is 0.467. The van der Waals surface area contributed by atoms with Gasteiger partial charge in [0.05, 0.1) is 0 Å². The van der Waals surface area contributed by atoms with Crippen LogP contribution >= 0.6 is 32.0 Å². The molecule has 216 valence electrons. The molecule has 2 atom stereocenters. The quantitative estimate of drug-likeness (QED) is 0.113. The molecular weight excluding hydrogens is 639 g/mol. The van der Waals surface area contributed by atoms with Crippen molar-refractivity contribution in [3.05, 3.63) is 70.3 Å². The van der Waals surface area contributed by atoms with Gasteiger partial charge < -0.3 is 0 Å². The van der Waals surface area contributed by atoms with E-state index in [1.54, 1.807) is 44.3 Å². The van der Waals surface area contributed by atoms with E-state index in [-0.39, 0.29) is 17.5 Å². The van der Waals surface area contributed by atoms with Crippen LogP contribution in [-0.4, -0.2) is 50.2 Å². The van der Waals surface area contributed by atoms with Crippen LogP contribution < -0.4 is 4.90 Å². The number of hydrogen-bond donors (Lipinski definition) is 0. The summed E-state index contributed by atoms with van der Waals surface area (Å²) in [7, 11) is 1.69. The topological polar surface area (TPSA) is 86.7 Å². The number of hydrogen-bond acceptors (Lipinski definition) is 9. The molecule has 3 heterocycles. The van der Waals surface area contributed by atoms with Crippen molar-refractivity contribution in [2.45, 2.75) is 62.5 Å². The molecule has 2 aromatic rings. The zero-order valence-corrected chi connectivity index (χ0v) is 27.3. The number of nitrogens with zero attached hydrogens (tertiary/aromatic N) is 4. The van der Waals surface area contributed by atoms with Gasteiger partial charge >= 0.3 is 251 Å². The number of alkyl halides is 2. The summed E-state index contributed by atoms with van der Waals surface area (Å²) in [6.07, 6.45) is 10.2. The summed E-state index contributed by atoms with van der Waals surface area (Å²) in [4.78, 5) is 31.7. The van der Waals surface area contributed by atoms with E-state index in [0.29, 0.717) is 23.0 Å². The number of ether oxygens (including phenoxy) is 2. The van der Waals surface area contributed by atoms with Crippen LogP contribution in [0.5, 0.6) is 0 Å². The molecule has 0 fully saturated rings. The fourth-order valence-electron chi connectivity index (χ4n) is 4.34. The van der Waals surface area contributed by atoms with Crippen LogP contribution in [0.25, 0.3) is 6.08 Å². The number of aromatic nitrogens is 3. The first-order valence-corrected chi connectivity index (χ1v) is 18.5. The molecule has 0 radical (unpaired) electrons. The van der Waals surface area contributed by atoms with Crippen molar-refractivity contribution in [1.82, 2.24) is 15.0 Å². The average molecular weight is 679 g/mol. The summed E-state index contributed by atoms with van der Waals surface area (Å²) < 4.78 is 18.1. The zero-order valence-electron chi connectivity index (χ0n) is 24.3. The Morgan fingerprint density at radius 2 is 2.00 bits per heavy atom. The van der Waals surface area contributed by atoms with E-state index in [2.05, 4.69) is 53.6 Å². The van der Waals surface area contributed by atoms with E-state index >= 15 is 0 Å². The predicted molar refractivity (Wildman–Crippen MR) is 169 cm³/mol. The summed E-state index contributed by atoms with van der Waals surface area (Å²) in [6.45, 7) is 11.6. The first kappa shape index (κ1) is 30.7. The molecule has 2 aliphatic rings. The minimum absolute atomic E-state index is 0.149. The van der Waals surface area contributed by atoms with Gasteiger partial charge in [-0.25, -0.2) is 0 Å². The van der Waals surface area contributed by atoms with Crippen LogP contribution in [0.3, 0.4) is 0 Å². The summed E-state index contributed by atoms with van der Waals surface area (Å²) in [5, 5.41) is 0.895. The van der Waals surface area contributed by atoms with Crippen LogP contribution in [-0.2, 0) is 17.3 Å². The van der Waals surface area contributed by atoms with Crippen LogP contribution in [0, 0.1) is 5.41 Å². The predicted octanol–water partition coefficient (Wildman–Crippen LogP) is 7.14. The number of pyridine rings is 1. The molecule has 0 amide bonds. The van der Waals surface area contributed by atoms with Gasteiger partial charge in [-0.05, 0) is 0 Å². The standard InChI is InChI=1S/C30H39IN4O4S/c1-8-38-26(36)15-13-22-10-9-11-23(34-22)27(39-31(6)20(2)30(3,4)5)21-12-14-25-24(18-21)35(19-37-7)28-29(40-25)33-17-16-32-28/h9-11,13,15-18,20,27H,8,12,14,19H2,1-7H3/b15-13+. The Balaban J connectivity index is 1.73. The van der Waals surface area contributed by atoms with E-state index in [4.69, 9.17) is 17.5 Å². The maximum absolute atomic E-state index is 11.9. The van der Waals surface area contributed by atoms with Gasteiger partial charge in [-0.2, -0.15) is 0 Å². The molecule has 2 unspecified atom stereocenters. The van der Waals surface area contributed by atoms with Gasteiger partial charge in [0.2, 0.25) is 0 Å². The van der Waals surface area contributed by atoms with Crippen LogP contribution in [0.15, 0.2) is 63.9 Å². The molecule has 4 rings (SSSR count). The number of esters is 1. The molecule has 1 aliphatic heterocycles. The first-order valence-electron chi connectivity index (χ1n) is 13.4. The second-order valence-electron chi connectivity index (χ2n) is 10.6. The number of halogens is 1. The summed E-state index contributed by atoms with van der Waals surface area (Å²) in [6, 6.07) is 5.88. The molecule has 40 heavy (non-hydrogen) atoms. The molecule has 0 saturated heterocycles. The Morgan fingerprint density at radius 3 is 2.73 bits per heavy atom. The molecule has 0 aromatic carbocycles. The summed E-state index contributed by atoms with van der Waals surface area (Å²) in [5.74, 6) is 0.423. The Hall–Kier alpha value is -2.28. The number of fused-ring (bicyclic) bond motifs is 1. The Morgan fingerprint density at radius 1 is 1.23 bits per heavy atom. The molecule has 10 heteroatoms. The van der Waals surface area contributed by atoms with Gasteiger partial charge in [-0.3, -0.25) is 0 Å². The van der Waals surface area contributed by atoms with E-state index in [0.717, 1.165) is 35.1 Å². The maximum atomic E-state index is 11.9. The SMILES string of the molecule is CCOC(=O)/C=C/c1cccc(C(OI(C)C(C)C(C)(C)C)C2=CC3=C(CC2)Sc2nccnc2N3COC)n1. The third-order valence-electron chi connectivity index (χ3n) is 6.88. The van der Waals surface area contributed by atoms with Crippen molar-refractivity contribution in [2.75, 3.05) is 30.3 Å². The third-order valence-corrected chi connectivity index (χ3v) is 13.8. The van der Waals surface area contributed by atoms with Gasteiger partial charge in [0, 0.05) is 0 Å². The van der Waals surface area contributed by atoms with Crippen LogP contribution in [0.4, 0.5) is 5.82 Å². The van der Waals surface area contributed by atoms with Gasteiger partial charge in [-0.1, -0.05) is 0 Å². The Kier molecular flexibility index (Phi) is 10.4. The molecule has 0 bridgehead atoms. The van der Waals surface area contributed by atoms with E-state index < -0.39 is 20.2 Å². The van der Waals surface area contributed by atoms with Crippen LogP contribution in [0.2, 0.25) is 0 Å². The molecule has 0 spiro atoms. The molecule has 8 nitrogen and oxygen atoms in total. The van der Waals surface area contributed by atoms with Gasteiger partial charge in [-0.15, -0.1) is 0 Å². The number of carbonyl (C=O) groups is 1. The second kappa shape index (κ2) is 13.6. The summed E-state index contributed by atoms with van der Waals surface area (Å²) in [5.41, 5.74) is 3.93. The van der Waals surface area contributed by atoms with Crippen molar-refractivity contribution in [3.8, 4) is 0 Å². The fourth-order valence-corrected chi connectivity index (χ4v) is 9.88. The number of anilines is 1. The molecular formula is C30H39IN4O4S. The number of thioether (sulfide) groups is 1. The van der Waals surface area contributed by atoms with Gasteiger partial charge in [0.15, 0.2) is 0 Å². The number of carbonyl (C=O) groups excluding carboxylic acids is 1. The van der Waals surface area contributed by atoms with Crippen molar-refractivity contribution in [2.24, 2.45) is 5.41 Å². The van der Waals surface area contributed by atoms with Crippen molar-refractivity contribution in [3.63, 3.8) is 0 Å². The van der Waals surface area contributed by atoms with Crippen molar-refractivity contribution >= 4 is 49.9 Å². The minimum atomic E-state index is -1.86. The molecule has 1 aliphatic carbocycles. The average Bonchev–Trinajstić information content (AvgIpc) is 2.94. The number of methoxy groups -OCH3 is 1.